The number of allylic oxidation sites excluding steroid dienone is 2. The molecule has 0 amide bonds. The SMILES string of the molecule is C=CC(C)CCCCCCC=CC(=O)O. The van der Waals surface area contributed by atoms with E-state index in [1.807, 2.05) is 6.08 Å². The number of rotatable bonds is 9. The monoisotopic (exact) mass is 210 g/mol. The fraction of sp³-hybridized carbons (Fsp3) is 0.615. The van der Waals surface area contributed by atoms with Gasteiger partial charge in [0.25, 0.3) is 0 Å². The summed E-state index contributed by atoms with van der Waals surface area (Å²) in [7, 11) is 0. The second kappa shape index (κ2) is 9.50. The highest BCUT2D eigenvalue weighted by atomic mass is 16.4. The molecule has 2 nitrogen and oxygen atoms in total. The first-order valence-electron chi connectivity index (χ1n) is 5.69. The number of carboxylic acid groups (broad SMARTS) is 1. The van der Waals surface area contributed by atoms with Gasteiger partial charge in [-0.15, -0.1) is 6.58 Å². The van der Waals surface area contributed by atoms with Crippen LogP contribution in [0.15, 0.2) is 24.8 Å². The van der Waals surface area contributed by atoms with E-state index in [2.05, 4.69) is 13.5 Å². The molecule has 0 fully saturated rings. The largest absolute Gasteiger partial charge is 0.478 e. The fourth-order valence-corrected chi connectivity index (χ4v) is 1.38. The van der Waals surface area contributed by atoms with Crippen LogP contribution in [0.4, 0.5) is 0 Å². The van der Waals surface area contributed by atoms with Crippen molar-refractivity contribution in [3.05, 3.63) is 24.8 Å². The van der Waals surface area contributed by atoms with Gasteiger partial charge in [-0.05, 0) is 25.2 Å². The van der Waals surface area contributed by atoms with Gasteiger partial charge in [-0.2, -0.15) is 0 Å². The van der Waals surface area contributed by atoms with E-state index >= 15 is 0 Å². The Balaban J connectivity index is 3.18. The van der Waals surface area contributed by atoms with Gasteiger partial charge in [0.05, 0.1) is 0 Å². The predicted molar refractivity (Wildman–Crippen MR) is 63.8 cm³/mol. The molecule has 1 unspecified atom stereocenters. The number of hydrogen-bond donors (Lipinski definition) is 1. The molecule has 0 aromatic heterocycles. The number of hydrogen-bond acceptors (Lipinski definition) is 1. The summed E-state index contributed by atoms with van der Waals surface area (Å²) in [5.41, 5.74) is 0. The Labute approximate surface area is 92.7 Å². The van der Waals surface area contributed by atoms with E-state index in [4.69, 9.17) is 5.11 Å². The standard InChI is InChI=1S/C13H22O2/c1-3-12(2)10-8-6-4-5-7-9-11-13(14)15/h3,9,11-12H,1,4-8,10H2,2H3,(H,14,15). The van der Waals surface area contributed by atoms with Crippen LogP contribution < -0.4 is 0 Å². The average Bonchev–Trinajstić information content (AvgIpc) is 2.21. The van der Waals surface area contributed by atoms with Crippen LogP contribution in [0.5, 0.6) is 0 Å². The van der Waals surface area contributed by atoms with Crippen LogP contribution in [0, 0.1) is 5.92 Å². The topological polar surface area (TPSA) is 37.3 Å². The van der Waals surface area contributed by atoms with Gasteiger partial charge in [0, 0.05) is 6.08 Å². The third-order valence-electron chi connectivity index (χ3n) is 2.44. The van der Waals surface area contributed by atoms with Crippen molar-refractivity contribution in [2.75, 3.05) is 0 Å². The zero-order chi connectivity index (χ0) is 11.5. The lowest BCUT2D eigenvalue weighted by Crippen LogP contribution is -1.89. The first-order valence-corrected chi connectivity index (χ1v) is 5.69. The highest BCUT2D eigenvalue weighted by Gasteiger charge is 1.95. The molecular formula is C13H22O2. The van der Waals surface area contributed by atoms with Crippen molar-refractivity contribution in [2.24, 2.45) is 5.92 Å². The minimum Gasteiger partial charge on any atom is -0.478 e. The molecule has 0 rings (SSSR count). The highest BCUT2D eigenvalue weighted by molar-refractivity contribution is 5.79. The van der Waals surface area contributed by atoms with E-state index in [0.717, 1.165) is 12.8 Å². The molecule has 2 heteroatoms. The molecule has 15 heavy (non-hydrogen) atoms. The zero-order valence-corrected chi connectivity index (χ0v) is 9.61. The molecule has 0 radical (unpaired) electrons. The minimum atomic E-state index is -0.852. The molecule has 1 N–H and O–H groups in total. The molecule has 1 atom stereocenters. The van der Waals surface area contributed by atoms with Crippen LogP contribution in [-0.4, -0.2) is 11.1 Å². The molecule has 0 aliphatic carbocycles. The van der Waals surface area contributed by atoms with Crippen molar-refractivity contribution in [2.45, 2.75) is 45.4 Å². The van der Waals surface area contributed by atoms with Gasteiger partial charge in [-0.3, -0.25) is 0 Å². The van der Waals surface area contributed by atoms with Crippen molar-refractivity contribution >= 4 is 5.97 Å². The summed E-state index contributed by atoms with van der Waals surface area (Å²) in [6.45, 7) is 5.93. The van der Waals surface area contributed by atoms with Crippen LogP contribution >= 0.6 is 0 Å². The smallest absolute Gasteiger partial charge is 0.327 e. The Morgan fingerprint density at radius 1 is 1.33 bits per heavy atom. The third kappa shape index (κ3) is 10.9. The van der Waals surface area contributed by atoms with Crippen LogP contribution in [0.1, 0.15) is 45.4 Å². The highest BCUT2D eigenvalue weighted by Crippen LogP contribution is 2.11. The maximum atomic E-state index is 10.1. The molecule has 0 aliphatic rings. The normalized spacial score (nSPS) is 12.9. The van der Waals surface area contributed by atoms with Crippen LogP contribution in [0.25, 0.3) is 0 Å². The Bertz CT molecular complexity index is 207. The van der Waals surface area contributed by atoms with Crippen molar-refractivity contribution in [1.82, 2.24) is 0 Å². The van der Waals surface area contributed by atoms with Crippen LogP contribution in [0.3, 0.4) is 0 Å². The van der Waals surface area contributed by atoms with E-state index in [0.29, 0.717) is 5.92 Å². The molecule has 86 valence electrons. The maximum Gasteiger partial charge on any atom is 0.327 e. The summed E-state index contributed by atoms with van der Waals surface area (Å²) in [6.07, 6.45) is 11.8. The quantitative estimate of drug-likeness (QED) is 0.357. The number of aliphatic carboxylic acids is 1. The van der Waals surface area contributed by atoms with E-state index in [1.165, 1.54) is 31.8 Å². The molecule has 0 spiro atoms. The molecule has 0 bridgehead atoms. The molecular weight excluding hydrogens is 188 g/mol. The fourth-order valence-electron chi connectivity index (χ4n) is 1.38. The summed E-state index contributed by atoms with van der Waals surface area (Å²) in [4.78, 5) is 10.1. The lowest BCUT2D eigenvalue weighted by Gasteiger charge is -2.04. The van der Waals surface area contributed by atoms with E-state index in [-0.39, 0.29) is 0 Å². The van der Waals surface area contributed by atoms with E-state index in [9.17, 15) is 4.79 Å². The summed E-state index contributed by atoms with van der Waals surface area (Å²) < 4.78 is 0. The summed E-state index contributed by atoms with van der Waals surface area (Å²) >= 11 is 0. The zero-order valence-electron chi connectivity index (χ0n) is 9.61. The van der Waals surface area contributed by atoms with Gasteiger partial charge >= 0.3 is 5.97 Å². The molecule has 0 aromatic carbocycles. The van der Waals surface area contributed by atoms with Gasteiger partial charge in [-0.25, -0.2) is 4.79 Å². The lowest BCUT2D eigenvalue weighted by atomic mass is 10.0. The van der Waals surface area contributed by atoms with Crippen molar-refractivity contribution < 1.29 is 9.90 Å². The maximum absolute atomic E-state index is 10.1. The summed E-state index contributed by atoms with van der Waals surface area (Å²) in [6, 6.07) is 0. The Hall–Kier alpha value is -1.05. The molecule has 0 aromatic rings. The average molecular weight is 210 g/mol. The van der Waals surface area contributed by atoms with Gasteiger partial charge in [0.1, 0.15) is 0 Å². The first-order chi connectivity index (χ1) is 7.16. The number of carboxylic acids is 1. The van der Waals surface area contributed by atoms with Crippen molar-refractivity contribution in [3.8, 4) is 0 Å². The summed E-state index contributed by atoms with van der Waals surface area (Å²) in [5.74, 6) is -0.230. The number of unbranched alkanes of at least 4 members (excludes halogenated alkanes) is 4. The van der Waals surface area contributed by atoms with Crippen LogP contribution in [0.2, 0.25) is 0 Å². The predicted octanol–water partition coefficient (Wildman–Crippen LogP) is 3.79. The molecule has 0 heterocycles. The van der Waals surface area contributed by atoms with Gasteiger partial charge in [-0.1, -0.05) is 38.3 Å². The van der Waals surface area contributed by atoms with Gasteiger partial charge < -0.3 is 5.11 Å². The molecule has 0 saturated carbocycles. The van der Waals surface area contributed by atoms with Crippen molar-refractivity contribution in [3.63, 3.8) is 0 Å². The Morgan fingerprint density at radius 2 is 2.00 bits per heavy atom. The second-order valence-corrected chi connectivity index (χ2v) is 3.95. The van der Waals surface area contributed by atoms with E-state index in [1.54, 1.807) is 6.08 Å². The van der Waals surface area contributed by atoms with Crippen molar-refractivity contribution in [1.29, 1.82) is 0 Å². The number of carbonyl (C=O) groups is 1. The minimum absolute atomic E-state index is 0.622. The van der Waals surface area contributed by atoms with E-state index < -0.39 is 5.97 Å². The first kappa shape index (κ1) is 13.9. The molecule has 0 aliphatic heterocycles. The lowest BCUT2D eigenvalue weighted by molar-refractivity contribution is -0.131. The Kier molecular flexibility index (Phi) is 8.84. The van der Waals surface area contributed by atoms with Gasteiger partial charge in [0.15, 0.2) is 0 Å². The Morgan fingerprint density at radius 3 is 2.60 bits per heavy atom. The third-order valence-corrected chi connectivity index (χ3v) is 2.44. The second-order valence-electron chi connectivity index (χ2n) is 3.95. The summed E-state index contributed by atoms with van der Waals surface area (Å²) in [5, 5.41) is 8.35. The molecule has 0 saturated heterocycles. The van der Waals surface area contributed by atoms with Gasteiger partial charge in [0.2, 0.25) is 0 Å². The van der Waals surface area contributed by atoms with Crippen LogP contribution in [-0.2, 0) is 4.79 Å².